The number of carbonyl (C=O) groups excluding carboxylic acids is 3. The van der Waals surface area contributed by atoms with E-state index in [0.29, 0.717) is 12.8 Å². The second kappa shape index (κ2) is 3.49. The summed E-state index contributed by atoms with van der Waals surface area (Å²) >= 11 is 0. The van der Waals surface area contributed by atoms with Gasteiger partial charge in [0.15, 0.2) is 0 Å². The first kappa shape index (κ1) is 9.89. The minimum Gasteiger partial charge on any atom is -0.548 e. The Hall–Kier alpha value is -1.65. The maximum Gasteiger partial charge on any atom is 0.233 e. The van der Waals surface area contributed by atoms with Gasteiger partial charge in [-0.3, -0.25) is 14.5 Å². The van der Waals surface area contributed by atoms with Gasteiger partial charge in [-0.1, -0.05) is 12.2 Å². The molecular weight excluding hydrogens is 198 g/mol. The monoisotopic (exact) mass is 208 g/mol. The SMILES string of the molecule is O=C([O-])CN1C(=O)[C@@H]2CC=CC[C@H]2C1=O. The maximum atomic E-state index is 11.7. The molecule has 2 aliphatic rings. The Morgan fingerprint density at radius 2 is 1.73 bits per heavy atom. The molecule has 80 valence electrons. The van der Waals surface area contributed by atoms with Crippen LogP contribution in [0.5, 0.6) is 0 Å². The number of imide groups is 1. The Kier molecular flexibility index (Phi) is 2.30. The molecule has 0 N–H and O–H groups in total. The summed E-state index contributed by atoms with van der Waals surface area (Å²) in [5, 5.41) is 10.4. The Balaban J connectivity index is 2.20. The molecule has 0 aromatic heterocycles. The molecule has 5 heteroatoms. The minimum atomic E-state index is -1.40. The fourth-order valence-corrected chi connectivity index (χ4v) is 2.15. The van der Waals surface area contributed by atoms with Crippen molar-refractivity contribution in [3.8, 4) is 0 Å². The number of carbonyl (C=O) groups is 3. The van der Waals surface area contributed by atoms with Crippen molar-refractivity contribution in [3.05, 3.63) is 12.2 Å². The van der Waals surface area contributed by atoms with Crippen LogP contribution in [0, 0.1) is 11.8 Å². The van der Waals surface area contributed by atoms with E-state index in [-0.39, 0.29) is 23.7 Å². The third kappa shape index (κ3) is 1.54. The summed E-state index contributed by atoms with van der Waals surface area (Å²) in [7, 11) is 0. The van der Waals surface area contributed by atoms with Gasteiger partial charge in [-0.25, -0.2) is 0 Å². The van der Waals surface area contributed by atoms with Crippen molar-refractivity contribution < 1.29 is 19.5 Å². The van der Waals surface area contributed by atoms with Gasteiger partial charge < -0.3 is 9.90 Å². The molecule has 0 aromatic rings. The average Bonchev–Trinajstić information content (AvgIpc) is 2.44. The molecule has 1 aliphatic carbocycles. The number of carboxylic acids is 1. The Bertz CT molecular complexity index is 334. The molecule has 0 radical (unpaired) electrons. The molecule has 0 spiro atoms. The molecule has 2 rings (SSSR count). The Morgan fingerprint density at radius 1 is 1.27 bits per heavy atom. The molecule has 0 unspecified atom stereocenters. The van der Waals surface area contributed by atoms with Gasteiger partial charge in [0.05, 0.1) is 24.3 Å². The van der Waals surface area contributed by atoms with Gasteiger partial charge in [0.25, 0.3) is 0 Å². The third-order valence-corrected chi connectivity index (χ3v) is 2.89. The fourth-order valence-electron chi connectivity index (χ4n) is 2.15. The predicted molar refractivity (Wildman–Crippen MR) is 47.1 cm³/mol. The Morgan fingerprint density at radius 3 is 2.13 bits per heavy atom. The zero-order valence-electron chi connectivity index (χ0n) is 8.01. The molecule has 0 saturated carbocycles. The molecule has 2 atom stereocenters. The number of aliphatic carboxylic acids is 1. The first-order valence-corrected chi connectivity index (χ1v) is 4.81. The first-order chi connectivity index (χ1) is 7.11. The lowest BCUT2D eigenvalue weighted by molar-refractivity contribution is -0.305. The molecule has 5 nitrogen and oxygen atoms in total. The molecular formula is C10H10NO4-. The molecule has 1 aliphatic heterocycles. The van der Waals surface area contributed by atoms with Gasteiger partial charge in [-0.15, -0.1) is 0 Å². The normalized spacial score (nSPS) is 29.5. The van der Waals surface area contributed by atoms with Crippen molar-refractivity contribution in [2.45, 2.75) is 12.8 Å². The number of amides is 2. The standard InChI is InChI=1S/C10H11NO4/c12-8(13)5-11-9(14)6-3-1-2-4-7(6)10(11)15/h1-2,6-7H,3-5H2,(H,12,13)/p-1/t6-,7-/m1/s1. The van der Waals surface area contributed by atoms with E-state index < -0.39 is 12.5 Å². The molecule has 1 saturated heterocycles. The largest absolute Gasteiger partial charge is 0.548 e. The van der Waals surface area contributed by atoms with Crippen LogP contribution in [0.25, 0.3) is 0 Å². The van der Waals surface area contributed by atoms with E-state index in [2.05, 4.69) is 0 Å². The molecule has 0 aromatic carbocycles. The van der Waals surface area contributed by atoms with Crippen molar-refractivity contribution in [1.29, 1.82) is 0 Å². The summed E-state index contributed by atoms with van der Waals surface area (Å²) in [5.74, 6) is -2.87. The zero-order valence-corrected chi connectivity index (χ0v) is 8.01. The number of carboxylic acid groups (broad SMARTS) is 1. The van der Waals surface area contributed by atoms with Gasteiger partial charge in [0.1, 0.15) is 0 Å². The average molecular weight is 208 g/mol. The van der Waals surface area contributed by atoms with Crippen molar-refractivity contribution in [2.75, 3.05) is 6.54 Å². The highest BCUT2D eigenvalue weighted by molar-refractivity contribution is 6.07. The minimum absolute atomic E-state index is 0.359. The lowest BCUT2D eigenvalue weighted by Crippen LogP contribution is -2.41. The molecule has 0 bridgehead atoms. The number of hydrogen-bond acceptors (Lipinski definition) is 4. The molecule has 1 heterocycles. The summed E-state index contributed by atoms with van der Waals surface area (Å²) in [4.78, 5) is 34.5. The van der Waals surface area contributed by atoms with Gasteiger partial charge in [-0.05, 0) is 12.8 Å². The maximum absolute atomic E-state index is 11.7. The van der Waals surface area contributed by atoms with E-state index in [1.807, 2.05) is 12.2 Å². The van der Waals surface area contributed by atoms with E-state index in [0.717, 1.165) is 4.90 Å². The Labute approximate surface area is 86.4 Å². The quantitative estimate of drug-likeness (QED) is 0.417. The predicted octanol–water partition coefficient (Wildman–Crippen LogP) is -1.31. The van der Waals surface area contributed by atoms with Crippen LogP contribution in [-0.2, 0) is 14.4 Å². The van der Waals surface area contributed by atoms with E-state index >= 15 is 0 Å². The van der Waals surface area contributed by atoms with E-state index in [9.17, 15) is 19.5 Å². The van der Waals surface area contributed by atoms with Crippen LogP contribution in [0.15, 0.2) is 12.2 Å². The number of fused-ring (bicyclic) bond motifs is 1. The molecule has 1 fully saturated rings. The summed E-state index contributed by atoms with van der Waals surface area (Å²) in [6, 6.07) is 0. The number of rotatable bonds is 2. The molecule has 2 amide bonds. The van der Waals surface area contributed by atoms with Crippen molar-refractivity contribution in [3.63, 3.8) is 0 Å². The van der Waals surface area contributed by atoms with Crippen LogP contribution in [0.1, 0.15) is 12.8 Å². The van der Waals surface area contributed by atoms with Crippen molar-refractivity contribution in [1.82, 2.24) is 4.90 Å². The van der Waals surface area contributed by atoms with Crippen LogP contribution in [0.4, 0.5) is 0 Å². The van der Waals surface area contributed by atoms with Crippen LogP contribution in [0.3, 0.4) is 0 Å². The highest BCUT2D eigenvalue weighted by Crippen LogP contribution is 2.34. The zero-order chi connectivity index (χ0) is 11.0. The third-order valence-electron chi connectivity index (χ3n) is 2.89. The van der Waals surface area contributed by atoms with Gasteiger partial charge >= 0.3 is 0 Å². The van der Waals surface area contributed by atoms with Gasteiger partial charge in [-0.2, -0.15) is 0 Å². The van der Waals surface area contributed by atoms with Crippen LogP contribution < -0.4 is 5.11 Å². The summed E-state index contributed by atoms with van der Waals surface area (Å²) in [5.41, 5.74) is 0. The summed E-state index contributed by atoms with van der Waals surface area (Å²) in [6.45, 7) is -0.620. The number of hydrogen-bond donors (Lipinski definition) is 0. The van der Waals surface area contributed by atoms with Crippen LogP contribution in [-0.4, -0.2) is 29.2 Å². The second-order valence-electron chi connectivity index (χ2n) is 3.79. The second-order valence-corrected chi connectivity index (χ2v) is 3.79. The lowest BCUT2D eigenvalue weighted by atomic mass is 9.85. The number of allylic oxidation sites excluding steroid dienone is 2. The smallest absolute Gasteiger partial charge is 0.233 e. The summed E-state index contributed by atoms with van der Waals surface area (Å²) in [6.07, 6.45) is 4.77. The van der Waals surface area contributed by atoms with E-state index in [1.54, 1.807) is 0 Å². The first-order valence-electron chi connectivity index (χ1n) is 4.81. The summed E-state index contributed by atoms with van der Waals surface area (Å²) < 4.78 is 0. The number of nitrogens with zero attached hydrogens (tertiary/aromatic N) is 1. The van der Waals surface area contributed by atoms with Crippen LogP contribution >= 0.6 is 0 Å². The van der Waals surface area contributed by atoms with Crippen molar-refractivity contribution >= 4 is 17.8 Å². The van der Waals surface area contributed by atoms with Gasteiger partial charge in [0.2, 0.25) is 11.8 Å². The van der Waals surface area contributed by atoms with Crippen molar-refractivity contribution in [2.24, 2.45) is 11.8 Å². The lowest BCUT2D eigenvalue weighted by Gasteiger charge is -2.14. The van der Waals surface area contributed by atoms with E-state index in [1.165, 1.54) is 0 Å². The highest BCUT2D eigenvalue weighted by Gasteiger charge is 2.46. The number of likely N-dealkylation sites (tertiary alicyclic amines) is 1. The van der Waals surface area contributed by atoms with Gasteiger partial charge in [0, 0.05) is 0 Å². The topological polar surface area (TPSA) is 77.5 Å². The molecule has 15 heavy (non-hydrogen) atoms. The van der Waals surface area contributed by atoms with Crippen LogP contribution in [0.2, 0.25) is 0 Å². The highest BCUT2D eigenvalue weighted by atomic mass is 16.4. The van der Waals surface area contributed by atoms with E-state index in [4.69, 9.17) is 0 Å². The fraction of sp³-hybridized carbons (Fsp3) is 0.500.